The first-order valence-electron chi connectivity index (χ1n) is 13.9. The fourth-order valence-corrected chi connectivity index (χ4v) is 3.85. The van der Waals surface area contributed by atoms with E-state index in [1.54, 1.807) is 26.4 Å². The van der Waals surface area contributed by atoms with Crippen molar-refractivity contribution in [1.29, 1.82) is 0 Å². The van der Waals surface area contributed by atoms with Gasteiger partial charge in [-0.2, -0.15) is 0 Å². The summed E-state index contributed by atoms with van der Waals surface area (Å²) in [7, 11) is 4.47. The van der Waals surface area contributed by atoms with Crippen molar-refractivity contribution in [2.45, 2.75) is 45.7 Å². The largest absolute Gasteiger partial charge is 0.469 e. The maximum Gasteiger partial charge on any atom is 0.315 e. The van der Waals surface area contributed by atoms with Gasteiger partial charge in [-0.15, -0.1) is 0 Å². The molecule has 0 aliphatic rings. The average molecular weight is 605 g/mol. The highest BCUT2D eigenvalue weighted by atomic mass is 16.7. The summed E-state index contributed by atoms with van der Waals surface area (Å²) in [5.41, 5.74) is 2.46. The van der Waals surface area contributed by atoms with Crippen molar-refractivity contribution in [3.05, 3.63) is 47.0 Å². The molecule has 2 aromatic rings. The van der Waals surface area contributed by atoms with Gasteiger partial charge in [-0.05, 0) is 62.6 Å². The second-order valence-electron chi connectivity index (χ2n) is 10.5. The molecule has 0 saturated carbocycles. The number of benzene rings is 2. The van der Waals surface area contributed by atoms with Crippen molar-refractivity contribution in [2.24, 2.45) is 0 Å². The Labute approximate surface area is 253 Å². The highest BCUT2D eigenvalue weighted by Crippen LogP contribution is 2.40. The predicted molar refractivity (Wildman–Crippen MR) is 159 cm³/mol. The van der Waals surface area contributed by atoms with E-state index in [2.05, 4.69) is 10.6 Å². The second kappa shape index (κ2) is 18.7. The second-order valence-corrected chi connectivity index (χ2v) is 10.5. The van der Waals surface area contributed by atoms with Crippen LogP contribution in [-0.2, 0) is 41.4 Å². The smallest absolute Gasteiger partial charge is 0.315 e. The third-order valence-electron chi connectivity index (χ3n) is 5.87. The Bertz CT molecular complexity index is 1180. The van der Waals surface area contributed by atoms with Gasteiger partial charge in [-0.1, -0.05) is 6.07 Å². The van der Waals surface area contributed by atoms with Gasteiger partial charge >= 0.3 is 12.0 Å². The van der Waals surface area contributed by atoms with Gasteiger partial charge in [0.15, 0.2) is 19.9 Å². The van der Waals surface area contributed by atoms with Gasteiger partial charge in [0.2, 0.25) is 0 Å². The number of ether oxygens (including phenoxy) is 7. The van der Waals surface area contributed by atoms with Crippen molar-refractivity contribution in [2.75, 3.05) is 61.3 Å². The molecule has 2 N–H and O–H groups in total. The molecular weight excluding hydrogens is 560 g/mol. The van der Waals surface area contributed by atoms with Gasteiger partial charge in [-0.3, -0.25) is 9.59 Å². The Morgan fingerprint density at radius 1 is 0.837 bits per heavy atom. The summed E-state index contributed by atoms with van der Waals surface area (Å²) in [4.78, 5) is 36.5. The number of hydrogen-bond acceptors (Lipinski definition) is 10. The number of nitrogens with one attached hydrogen (secondary N) is 2. The molecule has 0 fully saturated rings. The van der Waals surface area contributed by atoms with Crippen molar-refractivity contribution in [3.8, 4) is 22.6 Å². The Hall–Kier alpha value is -3.71. The maximum atomic E-state index is 12.4. The van der Waals surface area contributed by atoms with Crippen LogP contribution in [0.15, 0.2) is 30.3 Å². The molecule has 0 saturated heterocycles. The Balaban J connectivity index is 2.54. The summed E-state index contributed by atoms with van der Waals surface area (Å²) < 4.78 is 37.8. The number of esters is 1. The Morgan fingerprint density at radius 2 is 1.49 bits per heavy atom. The SMILES string of the molecule is COCCOCOc1ccc(CNC(=O)NC(C)(C)C)cc1-c1cc(CCC(=O)OC)cc(C=O)c1OCOCCOC. The van der Waals surface area contributed by atoms with Crippen LogP contribution in [0.4, 0.5) is 4.79 Å². The summed E-state index contributed by atoms with van der Waals surface area (Å²) in [6.07, 6.45) is 1.14. The minimum absolute atomic E-state index is 0.0547. The van der Waals surface area contributed by atoms with Crippen LogP contribution < -0.4 is 20.1 Å². The first-order valence-corrected chi connectivity index (χ1v) is 13.9. The lowest BCUT2D eigenvalue weighted by Crippen LogP contribution is -2.46. The molecule has 2 aromatic carbocycles. The average Bonchev–Trinajstić information content (AvgIpc) is 2.98. The lowest BCUT2D eigenvalue weighted by molar-refractivity contribution is -0.140. The number of methoxy groups -OCH3 is 3. The zero-order valence-electron chi connectivity index (χ0n) is 25.9. The molecule has 0 radical (unpaired) electrons. The van der Waals surface area contributed by atoms with Crippen LogP contribution in [0.1, 0.15) is 48.7 Å². The third-order valence-corrected chi connectivity index (χ3v) is 5.87. The van der Waals surface area contributed by atoms with Gasteiger partial charge in [-0.25, -0.2) is 4.79 Å². The number of carbonyl (C=O) groups is 3. The lowest BCUT2D eigenvalue weighted by Gasteiger charge is -2.21. The van der Waals surface area contributed by atoms with Crippen LogP contribution in [0.2, 0.25) is 0 Å². The first-order chi connectivity index (χ1) is 20.6. The Kier molecular flexibility index (Phi) is 15.5. The normalized spacial score (nSPS) is 11.1. The number of aryl methyl sites for hydroxylation is 1. The molecule has 0 spiro atoms. The minimum atomic E-state index is -0.400. The molecule has 2 amide bonds. The van der Waals surface area contributed by atoms with E-state index in [0.29, 0.717) is 61.6 Å². The number of amides is 2. The molecule has 0 aromatic heterocycles. The minimum Gasteiger partial charge on any atom is -0.469 e. The summed E-state index contributed by atoms with van der Waals surface area (Å²) >= 11 is 0. The third kappa shape index (κ3) is 13.0. The summed E-state index contributed by atoms with van der Waals surface area (Å²) in [6.45, 7) is 7.12. The highest BCUT2D eigenvalue weighted by molar-refractivity contribution is 5.88. The molecule has 238 valence electrons. The zero-order chi connectivity index (χ0) is 31.7. The van der Waals surface area contributed by atoms with Gasteiger partial charge < -0.3 is 43.8 Å². The maximum absolute atomic E-state index is 12.4. The van der Waals surface area contributed by atoms with Gasteiger partial charge in [0.1, 0.15) is 11.5 Å². The summed E-state index contributed by atoms with van der Waals surface area (Å²) in [6, 6.07) is 8.61. The molecule has 0 aliphatic carbocycles. The van der Waals surface area contributed by atoms with Crippen molar-refractivity contribution in [1.82, 2.24) is 10.6 Å². The van der Waals surface area contributed by atoms with Crippen LogP contribution in [0.5, 0.6) is 11.5 Å². The molecule has 2 rings (SSSR count). The van der Waals surface area contributed by atoms with E-state index in [-0.39, 0.29) is 49.9 Å². The quantitative estimate of drug-likeness (QED) is 0.105. The number of hydrogen-bond donors (Lipinski definition) is 2. The van der Waals surface area contributed by atoms with Crippen LogP contribution in [-0.4, -0.2) is 85.2 Å². The van der Waals surface area contributed by atoms with Crippen LogP contribution >= 0.6 is 0 Å². The van der Waals surface area contributed by atoms with E-state index in [0.717, 1.165) is 5.56 Å². The highest BCUT2D eigenvalue weighted by Gasteiger charge is 2.20. The van der Waals surface area contributed by atoms with Crippen molar-refractivity contribution >= 4 is 18.3 Å². The van der Waals surface area contributed by atoms with Crippen LogP contribution in [0, 0.1) is 0 Å². The van der Waals surface area contributed by atoms with E-state index < -0.39 is 5.54 Å². The number of urea groups is 1. The summed E-state index contributed by atoms with van der Waals surface area (Å²) in [5.74, 6) is 0.349. The van der Waals surface area contributed by atoms with E-state index in [4.69, 9.17) is 33.2 Å². The van der Waals surface area contributed by atoms with Crippen LogP contribution in [0.25, 0.3) is 11.1 Å². The van der Waals surface area contributed by atoms with Gasteiger partial charge in [0.05, 0.1) is 39.1 Å². The topological polar surface area (TPSA) is 140 Å². The number of carbonyl (C=O) groups excluding carboxylic acids is 3. The monoisotopic (exact) mass is 604 g/mol. The van der Waals surface area contributed by atoms with E-state index in [1.807, 2.05) is 39.0 Å². The van der Waals surface area contributed by atoms with E-state index in [1.165, 1.54) is 7.11 Å². The molecule has 0 aliphatic heterocycles. The van der Waals surface area contributed by atoms with Crippen LogP contribution in [0.3, 0.4) is 0 Å². The molecule has 0 bridgehead atoms. The fourth-order valence-electron chi connectivity index (χ4n) is 3.85. The van der Waals surface area contributed by atoms with Crippen molar-refractivity contribution in [3.63, 3.8) is 0 Å². The molecule has 0 atom stereocenters. The molecule has 43 heavy (non-hydrogen) atoms. The summed E-state index contributed by atoms with van der Waals surface area (Å²) in [5, 5.41) is 5.73. The van der Waals surface area contributed by atoms with Crippen molar-refractivity contribution < 1.29 is 47.5 Å². The molecule has 0 heterocycles. The molecule has 12 heteroatoms. The fraction of sp³-hybridized carbons (Fsp3) is 0.516. The van der Waals surface area contributed by atoms with Gasteiger partial charge in [0, 0.05) is 43.9 Å². The lowest BCUT2D eigenvalue weighted by atomic mass is 9.94. The van der Waals surface area contributed by atoms with E-state index in [9.17, 15) is 14.4 Å². The number of rotatable bonds is 19. The van der Waals surface area contributed by atoms with Gasteiger partial charge in [0.25, 0.3) is 0 Å². The first kappa shape index (κ1) is 35.5. The predicted octanol–water partition coefficient (Wildman–Crippen LogP) is 3.87. The molecule has 12 nitrogen and oxygen atoms in total. The molecular formula is C31H44N2O10. The number of aldehydes is 1. The van der Waals surface area contributed by atoms with E-state index >= 15 is 0 Å². The standard InChI is InChI=1S/C31H44N2O10/c1-31(2,3)33-30(36)32-18-23-7-9-27(42-20-40-13-11-37-4)25(17-23)26-16-22(8-10-28(35)39-6)15-24(19-34)29(26)43-21-41-14-12-38-5/h7,9,15-17,19H,8,10-14,18,20-21H2,1-6H3,(H2,32,33,36). The Morgan fingerprint density at radius 3 is 2.09 bits per heavy atom. The zero-order valence-corrected chi connectivity index (χ0v) is 25.9. The molecule has 0 unspecified atom stereocenters.